The van der Waals surface area contributed by atoms with Gasteiger partial charge in [0.2, 0.25) is 5.91 Å². The van der Waals surface area contributed by atoms with Crippen LogP contribution >= 0.6 is 11.3 Å². The van der Waals surface area contributed by atoms with E-state index in [2.05, 4.69) is 42.2 Å². The Morgan fingerprint density at radius 3 is 2.28 bits per heavy atom. The lowest BCUT2D eigenvalue weighted by molar-refractivity contribution is -0.117. The summed E-state index contributed by atoms with van der Waals surface area (Å²) < 4.78 is 0. The van der Waals surface area contributed by atoms with Gasteiger partial charge in [-0.3, -0.25) is 4.79 Å². The number of aromatic nitrogens is 1. The number of hydrogen-bond donors (Lipinski definition) is 0. The van der Waals surface area contributed by atoms with Gasteiger partial charge < -0.3 is 4.90 Å². The SMILES string of the molecule is Cc1ccc(-c2nc(CC(=O)N(C)c3cc(C)cc(C)c3)cs2)cc1. The van der Waals surface area contributed by atoms with E-state index >= 15 is 0 Å². The number of hydrogen-bond acceptors (Lipinski definition) is 3. The molecular formula is C21H22N2OS. The molecule has 0 bridgehead atoms. The van der Waals surface area contributed by atoms with Crippen molar-refractivity contribution in [2.24, 2.45) is 0 Å². The molecule has 1 amide bonds. The van der Waals surface area contributed by atoms with Gasteiger partial charge in [-0.25, -0.2) is 4.98 Å². The Kier molecular flexibility index (Phi) is 5.00. The van der Waals surface area contributed by atoms with Crippen LogP contribution in [0.25, 0.3) is 10.6 Å². The first-order valence-corrected chi connectivity index (χ1v) is 9.16. The molecule has 0 aliphatic carbocycles. The molecule has 0 N–H and O–H groups in total. The van der Waals surface area contributed by atoms with Crippen LogP contribution in [0.4, 0.5) is 5.69 Å². The second-order valence-corrected chi connectivity index (χ2v) is 7.34. The van der Waals surface area contributed by atoms with E-state index in [9.17, 15) is 4.79 Å². The smallest absolute Gasteiger partial charge is 0.232 e. The zero-order chi connectivity index (χ0) is 18.0. The monoisotopic (exact) mass is 350 g/mol. The number of carbonyl (C=O) groups is 1. The van der Waals surface area contributed by atoms with Gasteiger partial charge in [0.1, 0.15) is 5.01 Å². The van der Waals surface area contributed by atoms with Gasteiger partial charge in [-0.1, -0.05) is 35.9 Å². The molecule has 0 unspecified atom stereocenters. The molecule has 0 aliphatic rings. The van der Waals surface area contributed by atoms with Crippen molar-refractivity contribution in [3.8, 4) is 10.6 Å². The van der Waals surface area contributed by atoms with Gasteiger partial charge in [0.25, 0.3) is 0 Å². The first-order chi connectivity index (χ1) is 11.9. The third-order valence-corrected chi connectivity index (χ3v) is 5.09. The molecule has 0 spiro atoms. The van der Waals surface area contributed by atoms with Crippen molar-refractivity contribution in [2.75, 3.05) is 11.9 Å². The highest BCUT2D eigenvalue weighted by atomic mass is 32.1. The van der Waals surface area contributed by atoms with Crippen LogP contribution in [0.2, 0.25) is 0 Å². The number of amides is 1. The van der Waals surface area contributed by atoms with Crippen LogP contribution in [0.3, 0.4) is 0 Å². The van der Waals surface area contributed by atoms with E-state index in [-0.39, 0.29) is 5.91 Å². The molecule has 2 aromatic carbocycles. The maximum Gasteiger partial charge on any atom is 0.232 e. The summed E-state index contributed by atoms with van der Waals surface area (Å²) in [7, 11) is 1.82. The summed E-state index contributed by atoms with van der Waals surface area (Å²) >= 11 is 1.58. The largest absolute Gasteiger partial charge is 0.315 e. The van der Waals surface area contributed by atoms with Gasteiger partial charge in [-0.15, -0.1) is 11.3 Å². The maximum atomic E-state index is 12.6. The van der Waals surface area contributed by atoms with Crippen molar-refractivity contribution < 1.29 is 4.79 Å². The van der Waals surface area contributed by atoms with Crippen molar-refractivity contribution >= 4 is 22.9 Å². The number of aryl methyl sites for hydroxylation is 3. The molecule has 3 nitrogen and oxygen atoms in total. The molecule has 0 saturated heterocycles. The number of nitrogens with zero attached hydrogens (tertiary/aromatic N) is 2. The van der Waals surface area contributed by atoms with Crippen LogP contribution in [0.15, 0.2) is 47.8 Å². The summed E-state index contributed by atoms with van der Waals surface area (Å²) in [4.78, 5) is 19.0. The molecule has 0 fully saturated rings. The van der Waals surface area contributed by atoms with E-state index in [0.29, 0.717) is 6.42 Å². The first-order valence-electron chi connectivity index (χ1n) is 8.28. The van der Waals surface area contributed by atoms with E-state index < -0.39 is 0 Å². The van der Waals surface area contributed by atoms with Gasteiger partial charge >= 0.3 is 0 Å². The van der Waals surface area contributed by atoms with E-state index in [0.717, 1.165) is 33.1 Å². The average Bonchev–Trinajstić information content (AvgIpc) is 3.02. The Labute approximate surface area is 153 Å². The van der Waals surface area contributed by atoms with Gasteiger partial charge in [0.05, 0.1) is 12.1 Å². The zero-order valence-corrected chi connectivity index (χ0v) is 15.9. The lowest BCUT2D eigenvalue weighted by atomic mass is 10.1. The summed E-state index contributed by atoms with van der Waals surface area (Å²) in [6.07, 6.45) is 0.311. The third kappa shape index (κ3) is 4.15. The highest BCUT2D eigenvalue weighted by Gasteiger charge is 2.15. The fraction of sp³-hybridized carbons (Fsp3) is 0.238. The van der Waals surface area contributed by atoms with Crippen LogP contribution in [0, 0.1) is 20.8 Å². The van der Waals surface area contributed by atoms with Crippen LogP contribution < -0.4 is 4.90 Å². The molecule has 0 atom stereocenters. The van der Waals surface area contributed by atoms with E-state index in [1.54, 1.807) is 16.2 Å². The molecule has 128 valence electrons. The fourth-order valence-electron chi connectivity index (χ4n) is 2.78. The molecule has 0 aliphatic heterocycles. The minimum Gasteiger partial charge on any atom is -0.315 e. The molecule has 25 heavy (non-hydrogen) atoms. The lowest BCUT2D eigenvalue weighted by Crippen LogP contribution is -2.28. The minimum absolute atomic E-state index is 0.0470. The summed E-state index contributed by atoms with van der Waals surface area (Å²) in [5, 5.41) is 2.93. The number of rotatable bonds is 4. The van der Waals surface area contributed by atoms with Crippen LogP contribution in [0.5, 0.6) is 0 Å². The number of thiazole rings is 1. The number of likely N-dealkylation sites (N-methyl/N-ethyl adjacent to an activating group) is 1. The quantitative estimate of drug-likeness (QED) is 0.668. The molecular weight excluding hydrogens is 328 g/mol. The second kappa shape index (κ2) is 7.19. The van der Waals surface area contributed by atoms with E-state index in [1.807, 2.05) is 38.4 Å². The Bertz CT molecular complexity index is 876. The van der Waals surface area contributed by atoms with Crippen molar-refractivity contribution in [1.82, 2.24) is 4.98 Å². The van der Waals surface area contributed by atoms with Crippen LogP contribution in [0.1, 0.15) is 22.4 Å². The Morgan fingerprint density at radius 2 is 1.64 bits per heavy atom. The van der Waals surface area contributed by atoms with E-state index in [4.69, 9.17) is 0 Å². The highest BCUT2D eigenvalue weighted by molar-refractivity contribution is 7.13. The lowest BCUT2D eigenvalue weighted by Gasteiger charge is -2.18. The van der Waals surface area contributed by atoms with Crippen molar-refractivity contribution in [3.63, 3.8) is 0 Å². The van der Waals surface area contributed by atoms with Gasteiger partial charge in [-0.05, 0) is 44.0 Å². The molecule has 3 aromatic rings. The Morgan fingerprint density at radius 1 is 1.00 bits per heavy atom. The number of anilines is 1. The predicted molar refractivity (Wildman–Crippen MR) is 105 cm³/mol. The molecule has 1 aromatic heterocycles. The first kappa shape index (κ1) is 17.4. The van der Waals surface area contributed by atoms with Crippen LogP contribution in [-0.4, -0.2) is 17.9 Å². The summed E-state index contributed by atoms with van der Waals surface area (Å²) in [6.45, 7) is 6.16. The highest BCUT2D eigenvalue weighted by Crippen LogP contribution is 2.25. The molecule has 0 radical (unpaired) electrons. The predicted octanol–water partition coefficient (Wildman–Crippen LogP) is 4.94. The van der Waals surface area contributed by atoms with Crippen LogP contribution in [-0.2, 0) is 11.2 Å². The van der Waals surface area contributed by atoms with Crippen molar-refractivity contribution in [2.45, 2.75) is 27.2 Å². The Balaban J connectivity index is 1.73. The Hall–Kier alpha value is -2.46. The fourth-order valence-corrected chi connectivity index (χ4v) is 3.60. The van der Waals surface area contributed by atoms with Crippen molar-refractivity contribution in [3.05, 3.63) is 70.2 Å². The third-order valence-electron chi connectivity index (χ3n) is 4.15. The zero-order valence-electron chi connectivity index (χ0n) is 15.0. The normalized spacial score (nSPS) is 10.7. The molecule has 1 heterocycles. The molecule has 0 saturated carbocycles. The summed E-state index contributed by atoms with van der Waals surface area (Å²) in [5.41, 5.74) is 6.39. The van der Waals surface area contributed by atoms with Crippen molar-refractivity contribution in [1.29, 1.82) is 0 Å². The average molecular weight is 350 g/mol. The van der Waals surface area contributed by atoms with Gasteiger partial charge in [0, 0.05) is 23.7 Å². The number of benzene rings is 2. The van der Waals surface area contributed by atoms with Gasteiger partial charge in [-0.2, -0.15) is 0 Å². The summed E-state index contributed by atoms with van der Waals surface area (Å²) in [5.74, 6) is 0.0470. The topological polar surface area (TPSA) is 33.2 Å². The molecule has 4 heteroatoms. The molecule has 3 rings (SSSR count). The van der Waals surface area contributed by atoms with E-state index in [1.165, 1.54) is 5.56 Å². The number of carbonyl (C=O) groups excluding carboxylic acids is 1. The van der Waals surface area contributed by atoms with Gasteiger partial charge in [0.15, 0.2) is 0 Å². The maximum absolute atomic E-state index is 12.6. The summed E-state index contributed by atoms with van der Waals surface area (Å²) in [6, 6.07) is 14.5. The second-order valence-electron chi connectivity index (χ2n) is 6.49. The standard InChI is InChI=1S/C21H22N2OS/c1-14-5-7-17(8-6-14)21-22-18(13-25-21)12-20(24)23(4)19-10-15(2)9-16(3)11-19/h5-11,13H,12H2,1-4H3. The minimum atomic E-state index is 0.0470.